The van der Waals surface area contributed by atoms with E-state index in [4.69, 9.17) is 0 Å². The fourth-order valence-corrected chi connectivity index (χ4v) is 2.02. The van der Waals surface area contributed by atoms with Gasteiger partial charge in [-0.25, -0.2) is 5.43 Å². The Kier molecular flexibility index (Phi) is 4.89. The molecule has 2 aromatic carbocycles. The number of carbonyl (C=O) groups is 1. The van der Waals surface area contributed by atoms with Crippen molar-refractivity contribution < 1.29 is 4.79 Å². The number of benzene rings is 2. The van der Waals surface area contributed by atoms with Gasteiger partial charge in [0.05, 0.1) is 5.71 Å². The number of amides is 1. The largest absolute Gasteiger partial charge is 0.271 e. The summed E-state index contributed by atoms with van der Waals surface area (Å²) in [6, 6.07) is 15.4. The van der Waals surface area contributed by atoms with Crippen molar-refractivity contribution in [2.45, 2.75) is 13.8 Å². The predicted octanol–water partition coefficient (Wildman–Crippen LogP) is 3.75. The first-order valence-corrected chi connectivity index (χ1v) is 7.31. The van der Waals surface area contributed by atoms with Crippen LogP contribution < -0.4 is 5.43 Å². The molecule has 0 fully saturated rings. The summed E-state index contributed by atoms with van der Waals surface area (Å²) < 4.78 is 1.17. The van der Waals surface area contributed by atoms with Crippen molar-refractivity contribution in [3.63, 3.8) is 0 Å². The lowest BCUT2D eigenvalue weighted by Gasteiger charge is -2.03. The fraction of sp³-hybridized carbons (Fsp3) is 0.125. The molecule has 1 N–H and O–H groups in total. The number of hydrogen-bond acceptors (Lipinski definition) is 2. The van der Waals surface area contributed by atoms with Crippen LogP contribution in [0, 0.1) is 10.5 Å². The second-order valence-corrected chi connectivity index (χ2v) is 5.76. The van der Waals surface area contributed by atoms with Crippen LogP contribution in [0.25, 0.3) is 0 Å². The topological polar surface area (TPSA) is 41.5 Å². The van der Waals surface area contributed by atoms with Crippen LogP contribution in [0.5, 0.6) is 0 Å². The second-order valence-electron chi connectivity index (χ2n) is 4.51. The van der Waals surface area contributed by atoms with Crippen LogP contribution in [-0.2, 0) is 0 Å². The van der Waals surface area contributed by atoms with Crippen molar-refractivity contribution in [2.24, 2.45) is 5.10 Å². The molecule has 0 aliphatic heterocycles. The Labute approximate surface area is 132 Å². The summed E-state index contributed by atoms with van der Waals surface area (Å²) in [7, 11) is 0. The van der Waals surface area contributed by atoms with Crippen molar-refractivity contribution in [3.05, 3.63) is 68.8 Å². The maximum absolute atomic E-state index is 11.9. The van der Waals surface area contributed by atoms with Crippen molar-refractivity contribution in [2.75, 3.05) is 0 Å². The van der Waals surface area contributed by atoms with Gasteiger partial charge in [0.1, 0.15) is 0 Å². The molecule has 0 unspecified atom stereocenters. The number of carbonyl (C=O) groups excluding carboxylic acids is 1. The first-order chi connectivity index (χ1) is 9.56. The monoisotopic (exact) mass is 378 g/mol. The molecular formula is C16H15IN2O. The lowest BCUT2D eigenvalue weighted by molar-refractivity contribution is 0.0955. The van der Waals surface area contributed by atoms with E-state index in [0.29, 0.717) is 5.56 Å². The molecule has 2 aromatic rings. The number of halogens is 1. The number of aryl methyl sites for hydroxylation is 1. The van der Waals surface area contributed by atoms with Gasteiger partial charge < -0.3 is 0 Å². The van der Waals surface area contributed by atoms with E-state index in [1.807, 2.05) is 50.2 Å². The fourth-order valence-electron chi connectivity index (χ4n) is 1.66. The van der Waals surface area contributed by atoms with E-state index in [1.54, 1.807) is 12.1 Å². The first kappa shape index (κ1) is 14.7. The average molecular weight is 378 g/mol. The van der Waals surface area contributed by atoms with Gasteiger partial charge in [-0.1, -0.05) is 29.8 Å². The number of nitrogens with one attached hydrogen (secondary N) is 1. The highest BCUT2D eigenvalue weighted by Gasteiger charge is 2.04. The molecule has 0 radical (unpaired) electrons. The Bertz CT molecular complexity index is 631. The zero-order valence-electron chi connectivity index (χ0n) is 11.4. The highest BCUT2D eigenvalue weighted by molar-refractivity contribution is 14.1. The third-order valence-corrected chi connectivity index (χ3v) is 3.62. The van der Waals surface area contributed by atoms with Crippen LogP contribution in [0.4, 0.5) is 0 Å². The highest BCUT2D eigenvalue weighted by Crippen LogP contribution is 2.08. The minimum atomic E-state index is -0.199. The van der Waals surface area contributed by atoms with Gasteiger partial charge in [-0.15, -0.1) is 0 Å². The van der Waals surface area contributed by atoms with Gasteiger partial charge in [0, 0.05) is 9.13 Å². The van der Waals surface area contributed by atoms with Gasteiger partial charge >= 0.3 is 0 Å². The molecule has 0 saturated heterocycles. The molecule has 102 valence electrons. The average Bonchev–Trinajstić information content (AvgIpc) is 2.46. The highest BCUT2D eigenvalue weighted by atomic mass is 127. The second kappa shape index (κ2) is 6.65. The summed E-state index contributed by atoms with van der Waals surface area (Å²) in [6.45, 7) is 3.86. The third kappa shape index (κ3) is 3.90. The Balaban J connectivity index is 2.06. The molecule has 1 amide bonds. The molecule has 0 spiro atoms. The third-order valence-electron chi connectivity index (χ3n) is 2.90. The summed E-state index contributed by atoms with van der Waals surface area (Å²) in [4.78, 5) is 11.9. The van der Waals surface area contributed by atoms with Gasteiger partial charge in [0.2, 0.25) is 0 Å². The SMILES string of the molecule is C/C(=N/NC(=O)c1ccc(C)cc1)c1ccc(I)cc1. The van der Waals surface area contributed by atoms with E-state index in [0.717, 1.165) is 16.8 Å². The van der Waals surface area contributed by atoms with Gasteiger partial charge in [0.15, 0.2) is 0 Å². The molecule has 0 saturated carbocycles. The van der Waals surface area contributed by atoms with Crippen LogP contribution in [0.2, 0.25) is 0 Å². The smallest absolute Gasteiger partial charge is 0.267 e. The number of nitrogens with zero attached hydrogens (tertiary/aromatic N) is 1. The lowest BCUT2D eigenvalue weighted by Crippen LogP contribution is -2.19. The standard InChI is InChI=1S/C16H15IN2O/c1-11-3-5-14(6-4-11)16(20)19-18-12(2)13-7-9-15(17)10-8-13/h3-10H,1-2H3,(H,19,20)/b18-12-. The van der Waals surface area contributed by atoms with E-state index in [-0.39, 0.29) is 5.91 Å². The van der Waals surface area contributed by atoms with Gasteiger partial charge in [-0.2, -0.15) is 5.10 Å². The molecule has 0 aliphatic rings. The summed E-state index contributed by atoms with van der Waals surface area (Å²) in [5, 5.41) is 4.14. The quantitative estimate of drug-likeness (QED) is 0.493. The number of hydrazone groups is 1. The van der Waals surface area contributed by atoms with Crippen LogP contribution in [0.15, 0.2) is 53.6 Å². The Morgan fingerprint density at radius 3 is 2.15 bits per heavy atom. The molecule has 20 heavy (non-hydrogen) atoms. The Hall–Kier alpha value is -1.69. The minimum Gasteiger partial charge on any atom is -0.267 e. The molecule has 0 aliphatic carbocycles. The van der Waals surface area contributed by atoms with E-state index < -0.39 is 0 Å². The zero-order chi connectivity index (χ0) is 14.5. The Morgan fingerprint density at radius 1 is 1.00 bits per heavy atom. The van der Waals surface area contributed by atoms with E-state index in [2.05, 4.69) is 33.1 Å². The van der Waals surface area contributed by atoms with Crippen LogP contribution in [0.3, 0.4) is 0 Å². The molecule has 0 heterocycles. The molecule has 0 atom stereocenters. The molecular weight excluding hydrogens is 363 g/mol. The number of rotatable bonds is 3. The molecule has 0 aromatic heterocycles. The van der Waals surface area contributed by atoms with Crippen molar-refractivity contribution in [3.8, 4) is 0 Å². The van der Waals surface area contributed by atoms with E-state index >= 15 is 0 Å². The van der Waals surface area contributed by atoms with Crippen LogP contribution in [-0.4, -0.2) is 11.6 Å². The molecule has 0 bridgehead atoms. The summed E-state index contributed by atoms with van der Waals surface area (Å²) in [5.74, 6) is -0.199. The summed E-state index contributed by atoms with van der Waals surface area (Å²) in [6.07, 6.45) is 0. The predicted molar refractivity (Wildman–Crippen MR) is 90.0 cm³/mol. The van der Waals surface area contributed by atoms with Gasteiger partial charge in [-0.05, 0) is 66.3 Å². The first-order valence-electron chi connectivity index (χ1n) is 6.23. The zero-order valence-corrected chi connectivity index (χ0v) is 13.5. The van der Waals surface area contributed by atoms with Crippen molar-refractivity contribution in [1.82, 2.24) is 5.43 Å². The van der Waals surface area contributed by atoms with Gasteiger partial charge in [0.25, 0.3) is 5.91 Å². The van der Waals surface area contributed by atoms with E-state index in [1.165, 1.54) is 3.57 Å². The van der Waals surface area contributed by atoms with Crippen LogP contribution >= 0.6 is 22.6 Å². The van der Waals surface area contributed by atoms with Crippen molar-refractivity contribution >= 4 is 34.2 Å². The lowest BCUT2D eigenvalue weighted by atomic mass is 10.1. The minimum absolute atomic E-state index is 0.199. The Morgan fingerprint density at radius 2 is 1.55 bits per heavy atom. The van der Waals surface area contributed by atoms with Crippen molar-refractivity contribution in [1.29, 1.82) is 0 Å². The van der Waals surface area contributed by atoms with Gasteiger partial charge in [-0.3, -0.25) is 4.79 Å². The van der Waals surface area contributed by atoms with Crippen LogP contribution in [0.1, 0.15) is 28.4 Å². The maximum atomic E-state index is 11.9. The summed E-state index contributed by atoms with van der Waals surface area (Å²) in [5.41, 5.74) is 6.08. The molecule has 3 nitrogen and oxygen atoms in total. The van der Waals surface area contributed by atoms with E-state index in [9.17, 15) is 4.79 Å². The normalized spacial score (nSPS) is 11.2. The maximum Gasteiger partial charge on any atom is 0.271 e. The molecule has 4 heteroatoms. The molecule has 2 rings (SSSR count). The number of hydrogen-bond donors (Lipinski definition) is 1. The summed E-state index contributed by atoms with van der Waals surface area (Å²) >= 11 is 2.25.